The van der Waals surface area contributed by atoms with E-state index in [4.69, 9.17) is 5.73 Å². The molecule has 2 atom stereocenters. The van der Waals surface area contributed by atoms with Gasteiger partial charge in [-0.3, -0.25) is 4.79 Å². The van der Waals surface area contributed by atoms with Crippen LogP contribution in [0.5, 0.6) is 0 Å². The molecular formula is C14H21N3O3S. The number of nitrogens with two attached hydrogens (primary N) is 1. The average molecular weight is 311 g/mol. The van der Waals surface area contributed by atoms with E-state index < -0.39 is 10.0 Å². The summed E-state index contributed by atoms with van der Waals surface area (Å²) in [5.74, 6) is -0.412. The van der Waals surface area contributed by atoms with E-state index in [1.165, 1.54) is 0 Å². The lowest BCUT2D eigenvalue weighted by Gasteiger charge is -2.23. The third-order valence-electron chi connectivity index (χ3n) is 3.62. The van der Waals surface area contributed by atoms with Crippen molar-refractivity contribution in [2.75, 3.05) is 25.9 Å². The Morgan fingerprint density at radius 1 is 1.43 bits per heavy atom. The van der Waals surface area contributed by atoms with Gasteiger partial charge < -0.3 is 10.6 Å². The van der Waals surface area contributed by atoms with Gasteiger partial charge in [0.15, 0.2) is 0 Å². The quantitative estimate of drug-likeness (QED) is 0.793. The van der Waals surface area contributed by atoms with E-state index in [2.05, 4.69) is 4.72 Å². The van der Waals surface area contributed by atoms with Crippen molar-refractivity contribution in [3.8, 4) is 0 Å². The largest absolute Gasteiger partial charge is 0.340 e. The van der Waals surface area contributed by atoms with Crippen LogP contribution in [-0.4, -0.2) is 51.2 Å². The van der Waals surface area contributed by atoms with Crippen LogP contribution in [0.2, 0.25) is 0 Å². The van der Waals surface area contributed by atoms with E-state index in [0.717, 1.165) is 11.8 Å². The van der Waals surface area contributed by atoms with Gasteiger partial charge in [0.2, 0.25) is 15.9 Å². The Balaban J connectivity index is 2.03. The third kappa shape index (κ3) is 4.26. The fourth-order valence-corrected chi connectivity index (χ4v) is 3.44. The van der Waals surface area contributed by atoms with Gasteiger partial charge in [0, 0.05) is 25.7 Å². The molecule has 2 rings (SSSR count). The molecule has 0 unspecified atom stereocenters. The molecule has 1 aliphatic rings. The van der Waals surface area contributed by atoms with Crippen molar-refractivity contribution in [1.82, 2.24) is 9.62 Å². The summed E-state index contributed by atoms with van der Waals surface area (Å²) in [6.45, 7) is 1.19. The number of carbonyl (C=O) groups excluding carboxylic acids is 1. The number of hydrogen-bond acceptors (Lipinski definition) is 4. The lowest BCUT2D eigenvalue weighted by atomic mass is 9.98. The maximum Gasteiger partial charge on any atom is 0.231 e. The van der Waals surface area contributed by atoms with E-state index in [1.807, 2.05) is 30.3 Å². The molecule has 0 radical (unpaired) electrons. The highest BCUT2D eigenvalue weighted by Gasteiger charge is 2.32. The van der Waals surface area contributed by atoms with Crippen molar-refractivity contribution in [3.63, 3.8) is 0 Å². The highest BCUT2D eigenvalue weighted by Crippen LogP contribution is 2.20. The van der Waals surface area contributed by atoms with Crippen LogP contribution in [0.4, 0.5) is 0 Å². The summed E-state index contributed by atoms with van der Waals surface area (Å²) in [7, 11) is -3.25. The van der Waals surface area contributed by atoms with Crippen LogP contribution in [0.25, 0.3) is 0 Å². The van der Waals surface area contributed by atoms with Crippen molar-refractivity contribution in [2.45, 2.75) is 18.4 Å². The predicted octanol–water partition coefficient (Wildman–Crippen LogP) is -0.121. The Morgan fingerprint density at radius 2 is 2.10 bits per heavy atom. The molecule has 0 aromatic heterocycles. The molecule has 0 saturated carbocycles. The Labute approximate surface area is 125 Å². The van der Waals surface area contributed by atoms with Crippen LogP contribution in [-0.2, 0) is 14.8 Å². The first-order valence-corrected chi connectivity index (χ1v) is 8.81. The molecule has 1 heterocycles. The summed E-state index contributed by atoms with van der Waals surface area (Å²) in [6.07, 6.45) is 1.76. The zero-order valence-corrected chi connectivity index (χ0v) is 12.8. The summed E-state index contributed by atoms with van der Waals surface area (Å²) in [4.78, 5) is 14.2. The van der Waals surface area contributed by atoms with E-state index in [1.54, 1.807) is 4.90 Å². The second-order valence-corrected chi connectivity index (χ2v) is 7.14. The molecule has 0 spiro atoms. The summed E-state index contributed by atoms with van der Waals surface area (Å²) < 4.78 is 25.0. The molecular weight excluding hydrogens is 290 g/mol. The Kier molecular flexibility index (Phi) is 4.97. The van der Waals surface area contributed by atoms with Crippen molar-refractivity contribution < 1.29 is 13.2 Å². The van der Waals surface area contributed by atoms with Gasteiger partial charge in [-0.05, 0) is 12.0 Å². The summed E-state index contributed by atoms with van der Waals surface area (Å²) in [5, 5.41) is 0. The number of benzene rings is 1. The average Bonchev–Trinajstić information content (AvgIpc) is 2.87. The number of sulfonamides is 1. The second-order valence-electron chi connectivity index (χ2n) is 5.36. The van der Waals surface area contributed by atoms with Crippen LogP contribution in [0.3, 0.4) is 0 Å². The monoisotopic (exact) mass is 311 g/mol. The van der Waals surface area contributed by atoms with Crippen LogP contribution in [0.1, 0.15) is 17.9 Å². The smallest absolute Gasteiger partial charge is 0.231 e. The van der Waals surface area contributed by atoms with Gasteiger partial charge in [-0.1, -0.05) is 30.3 Å². The normalized spacial score (nSPS) is 20.5. The molecule has 3 N–H and O–H groups in total. The highest BCUT2D eigenvalue weighted by atomic mass is 32.2. The summed E-state index contributed by atoms with van der Waals surface area (Å²) in [5.41, 5.74) is 6.64. The lowest BCUT2D eigenvalue weighted by molar-refractivity contribution is -0.131. The SMILES string of the molecule is CS(=O)(=O)N[C@H]1CCN(C(=O)[C@@H](CN)c2ccccc2)C1. The van der Waals surface area contributed by atoms with Crippen LogP contribution < -0.4 is 10.5 Å². The van der Waals surface area contributed by atoms with Crippen LogP contribution in [0, 0.1) is 0 Å². The zero-order chi connectivity index (χ0) is 15.5. The van der Waals surface area contributed by atoms with E-state index in [9.17, 15) is 13.2 Å². The first-order chi connectivity index (χ1) is 9.90. The van der Waals surface area contributed by atoms with Gasteiger partial charge in [-0.25, -0.2) is 13.1 Å². The van der Waals surface area contributed by atoms with E-state index >= 15 is 0 Å². The Morgan fingerprint density at radius 3 is 2.67 bits per heavy atom. The molecule has 1 fully saturated rings. The van der Waals surface area contributed by atoms with Gasteiger partial charge in [-0.2, -0.15) is 0 Å². The molecule has 6 nitrogen and oxygen atoms in total. The standard InChI is InChI=1S/C14H21N3O3S/c1-21(19,20)16-12-7-8-17(10-12)14(18)13(9-15)11-5-3-2-4-6-11/h2-6,12-13,16H,7-10,15H2,1H3/t12-,13-/m0/s1. The number of rotatable bonds is 5. The number of likely N-dealkylation sites (tertiary alicyclic amines) is 1. The maximum absolute atomic E-state index is 12.6. The molecule has 0 bridgehead atoms. The minimum atomic E-state index is -3.25. The zero-order valence-electron chi connectivity index (χ0n) is 12.0. The van der Waals surface area contributed by atoms with Crippen LogP contribution in [0.15, 0.2) is 30.3 Å². The van der Waals surface area contributed by atoms with E-state index in [-0.39, 0.29) is 24.4 Å². The fraction of sp³-hybridized carbons (Fsp3) is 0.500. The third-order valence-corrected chi connectivity index (χ3v) is 4.38. The summed E-state index contributed by atoms with van der Waals surface area (Å²) in [6, 6.07) is 9.21. The molecule has 7 heteroatoms. The number of nitrogens with one attached hydrogen (secondary N) is 1. The minimum Gasteiger partial charge on any atom is -0.340 e. The highest BCUT2D eigenvalue weighted by molar-refractivity contribution is 7.88. The molecule has 0 aliphatic carbocycles. The molecule has 1 saturated heterocycles. The first kappa shape index (κ1) is 15.9. The molecule has 1 amide bonds. The number of carbonyl (C=O) groups is 1. The van der Waals surface area contributed by atoms with E-state index in [0.29, 0.717) is 19.5 Å². The number of amides is 1. The number of nitrogens with zero attached hydrogens (tertiary/aromatic N) is 1. The Bertz CT molecular complexity index is 589. The van der Waals surface area contributed by atoms with Gasteiger partial charge in [0.05, 0.1) is 12.2 Å². The van der Waals surface area contributed by atoms with Crippen molar-refractivity contribution in [1.29, 1.82) is 0 Å². The van der Waals surface area contributed by atoms with Crippen molar-refractivity contribution >= 4 is 15.9 Å². The molecule has 1 aromatic carbocycles. The first-order valence-electron chi connectivity index (χ1n) is 6.92. The van der Waals surface area contributed by atoms with Crippen LogP contribution >= 0.6 is 0 Å². The lowest BCUT2D eigenvalue weighted by Crippen LogP contribution is -2.40. The minimum absolute atomic E-state index is 0.0403. The predicted molar refractivity (Wildman–Crippen MR) is 81.2 cm³/mol. The topological polar surface area (TPSA) is 92.5 Å². The van der Waals surface area contributed by atoms with Crippen molar-refractivity contribution in [3.05, 3.63) is 35.9 Å². The van der Waals surface area contributed by atoms with Crippen molar-refractivity contribution in [2.24, 2.45) is 5.73 Å². The fourth-order valence-electron chi connectivity index (χ4n) is 2.64. The number of hydrogen-bond donors (Lipinski definition) is 2. The molecule has 116 valence electrons. The Hall–Kier alpha value is -1.44. The maximum atomic E-state index is 12.6. The van der Waals surface area contributed by atoms with Gasteiger partial charge >= 0.3 is 0 Å². The van der Waals surface area contributed by atoms with Gasteiger partial charge in [-0.15, -0.1) is 0 Å². The van der Waals surface area contributed by atoms with Gasteiger partial charge in [0.25, 0.3) is 0 Å². The summed E-state index contributed by atoms with van der Waals surface area (Å²) >= 11 is 0. The molecule has 21 heavy (non-hydrogen) atoms. The molecule has 1 aromatic rings. The second kappa shape index (κ2) is 6.55. The molecule has 1 aliphatic heterocycles. The van der Waals surface area contributed by atoms with Gasteiger partial charge in [0.1, 0.15) is 0 Å².